The molecule has 2 aliphatic rings. The number of para-hydroxylation sites is 1. The third kappa shape index (κ3) is 3.07. The molecule has 3 rings (SSSR count). The molecule has 2 atom stereocenters. The largest absolute Gasteiger partial charge is 0.492 e. The predicted octanol–water partition coefficient (Wildman–Crippen LogP) is 1.04. The second-order valence-electron chi connectivity index (χ2n) is 6.08. The van der Waals surface area contributed by atoms with Crippen LogP contribution in [0.25, 0.3) is 0 Å². The highest BCUT2D eigenvalue weighted by Crippen LogP contribution is 2.29. The van der Waals surface area contributed by atoms with Crippen molar-refractivity contribution < 1.29 is 9.53 Å². The molecule has 1 aromatic carbocycles. The zero-order valence-corrected chi connectivity index (χ0v) is 13.3. The molecule has 120 valence electrons. The van der Waals surface area contributed by atoms with Gasteiger partial charge in [0.25, 0.3) is 5.91 Å². The molecule has 1 amide bonds. The molecule has 1 fully saturated rings. The minimum atomic E-state index is -0.571. The summed E-state index contributed by atoms with van der Waals surface area (Å²) in [6.07, 6.45) is 2.68. The molecule has 1 aromatic rings. The molecule has 0 radical (unpaired) electrons. The summed E-state index contributed by atoms with van der Waals surface area (Å²) in [6, 6.07) is 5.70. The number of aryl methyl sites for hydroxylation is 1. The second kappa shape index (κ2) is 6.44. The van der Waals surface area contributed by atoms with Crippen LogP contribution < -0.4 is 21.1 Å². The van der Waals surface area contributed by atoms with Crippen molar-refractivity contribution in [2.45, 2.75) is 30.2 Å². The number of alkyl halides is 1. The van der Waals surface area contributed by atoms with Gasteiger partial charge in [-0.3, -0.25) is 4.79 Å². The molecule has 2 aliphatic heterocycles. The SMILES string of the molecule is NC1(CNC(=O)c2cccc3c2OCCC3)CCNCC1Cl. The Morgan fingerprint density at radius 3 is 3.23 bits per heavy atom. The Labute approximate surface area is 135 Å². The molecule has 6 heteroatoms. The topological polar surface area (TPSA) is 76.4 Å². The third-order valence-electron chi connectivity index (χ3n) is 4.47. The van der Waals surface area contributed by atoms with Gasteiger partial charge in [0.2, 0.25) is 0 Å². The maximum atomic E-state index is 12.5. The predicted molar refractivity (Wildman–Crippen MR) is 86.6 cm³/mol. The van der Waals surface area contributed by atoms with Gasteiger partial charge in [-0.05, 0) is 37.4 Å². The van der Waals surface area contributed by atoms with Crippen LogP contribution >= 0.6 is 11.6 Å². The summed E-state index contributed by atoms with van der Waals surface area (Å²) >= 11 is 6.31. The van der Waals surface area contributed by atoms with Crippen molar-refractivity contribution in [3.05, 3.63) is 29.3 Å². The standard InChI is InChI=1S/C16H22ClN3O2/c17-13-9-19-7-6-16(13,18)10-20-15(21)12-5-1-3-11-4-2-8-22-14(11)12/h1,3,5,13,19H,2,4,6-10,18H2,(H,20,21). The van der Waals surface area contributed by atoms with E-state index in [9.17, 15) is 4.79 Å². The van der Waals surface area contributed by atoms with Gasteiger partial charge in [-0.1, -0.05) is 12.1 Å². The van der Waals surface area contributed by atoms with Gasteiger partial charge in [0.05, 0.1) is 23.1 Å². The van der Waals surface area contributed by atoms with E-state index in [1.807, 2.05) is 12.1 Å². The van der Waals surface area contributed by atoms with E-state index in [1.54, 1.807) is 6.07 Å². The highest BCUT2D eigenvalue weighted by molar-refractivity contribution is 6.21. The van der Waals surface area contributed by atoms with E-state index in [4.69, 9.17) is 22.1 Å². The number of fused-ring (bicyclic) bond motifs is 1. The minimum absolute atomic E-state index is 0.147. The number of benzene rings is 1. The van der Waals surface area contributed by atoms with Crippen LogP contribution in [-0.2, 0) is 6.42 Å². The molecule has 0 spiro atoms. The Morgan fingerprint density at radius 1 is 1.55 bits per heavy atom. The van der Waals surface area contributed by atoms with E-state index in [-0.39, 0.29) is 11.3 Å². The van der Waals surface area contributed by atoms with Crippen LogP contribution in [-0.4, -0.2) is 43.1 Å². The Balaban J connectivity index is 1.70. The molecule has 0 aliphatic carbocycles. The van der Waals surface area contributed by atoms with Gasteiger partial charge in [-0.2, -0.15) is 0 Å². The maximum absolute atomic E-state index is 12.5. The number of hydrogen-bond acceptors (Lipinski definition) is 4. The van der Waals surface area contributed by atoms with Crippen molar-refractivity contribution in [3.63, 3.8) is 0 Å². The summed E-state index contributed by atoms with van der Waals surface area (Å²) in [6.45, 7) is 2.51. The zero-order chi connectivity index (χ0) is 15.6. The van der Waals surface area contributed by atoms with Gasteiger partial charge < -0.3 is 21.1 Å². The number of hydrogen-bond donors (Lipinski definition) is 3. The first-order chi connectivity index (χ1) is 10.6. The number of amides is 1. The first kappa shape index (κ1) is 15.6. The molecule has 22 heavy (non-hydrogen) atoms. The molecule has 2 heterocycles. The van der Waals surface area contributed by atoms with Crippen LogP contribution in [0.5, 0.6) is 5.75 Å². The van der Waals surface area contributed by atoms with E-state index < -0.39 is 5.54 Å². The van der Waals surface area contributed by atoms with Crippen molar-refractivity contribution in [3.8, 4) is 5.75 Å². The molecule has 0 aromatic heterocycles. The molecule has 2 unspecified atom stereocenters. The number of nitrogens with one attached hydrogen (secondary N) is 2. The summed E-state index contributed by atoms with van der Waals surface area (Å²) in [5.41, 5.74) is 7.46. The van der Waals surface area contributed by atoms with Gasteiger partial charge in [0, 0.05) is 13.1 Å². The van der Waals surface area contributed by atoms with E-state index in [2.05, 4.69) is 10.6 Å². The summed E-state index contributed by atoms with van der Waals surface area (Å²) in [5.74, 6) is 0.566. The van der Waals surface area contributed by atoms with E-state index in [0.29, 0.717) is 31.0 Å². The fourth-order valence-electron chi connectivity index (χ4n) is 3.02. The number of ether oxygens (including phenoxy) is 1. The van der Waals surface area contributed by atoms with Crippen LogP contribution in [0.15, 0.2) is 18.2 Å². The van der Waals surface area contributed by atoms with Crippen LogP contribution in [0.2, 0.25) is 0 Å². The number of nitrogens with two attached hydrogens (primary N) is 1. The monoisotopic (exact) mass is 323 g/mol. The molecular formula is C16H22ClN3O2. The molecule has 0 bridgehead atoms. The smallest absolute Gasteiger partial charge is 0.255 e. The van der Waals surface area contributed by atoms with Gasteiger partial charge in [0.15, 0.2) is 0 Å². The maximum Gasteiger partial charge on any atom is 0.255 e. The van der Waals surface area contributed by atoms with Crippen molar-refractivity contribution in [2.24, 2.45) is 5.73 Å². The number of halogens is 1. The number of piperidine rings is 1. The van der Waals surface area contributed by atoms with Crippen LogP contribution in [0.1, 0.15) is 28.8 Å². The average Bonchev–Trinajstić information content (AvgIpc) is 2.55. The van der Waals surface area contributed by atoms with Crippen molar-refractivity contribution in [1.82, 2.24) is 10.6 Å². The van der Waals surface area contributed by atoms with E-state index >= 15 is 0 Å². The van der Waals surface area contributed by atoms with Gasteiger partial charge in [-0.15, -0.1) is 11.6 Å². The quantitative estimate of drug-likeness (QED) is 0.726. The second-order valence-corrected chi connectivity index (χ2v) is 6.61. The molecule has 4 N–H and O–H groups in total. The summed E-state index contributed by atoms with van der Waals surface area (Å²) in [4.78, 5) is 12.5. The van der Waals surface area contributed by atoms with Gasteiger partial charge >= 0.3 is 0 Å². The first-order valence-corrected chi connectivity index (χ1v) is 8.20. The molecule has 0 saturated carbocycles. The minimum Gasteiger partial charge on any atom is -0.492 e. The Kier molecular flexibility index (Phi) is 4.57. The van der Waals surface area contributed by atoms with E-state index in [1.165, 1.54) is 0 Å². The normalized spacial score (nSPS) is 27.6. The lowest BCUT2D eigenvalue weighted by molar-refractivity contribution is 0.0934. The number of carbonyl (C=O) groups is 1. The van der Waals surface area contributed by atoms with Crippen molar-refractivity contribution in [2.75, 3.05) is 26.2 Å². The zero-order valence-electron chi connectivity index (χ0n) is 12.5. The first-order valence-electron chi connectivity index (χ1n) is 7.77. The third-order valence-corrected chi connectivity index (χ3v) is 5.06. The summed E-state index contributed by atoms with van der Waals surface area (Å²) in [7, 11) is 0. The van der Waals surface area contributed by atoms with Crippen LogP contribution in [0.3, 0.4) is 0 Å². The number of carbonyl (C=O) groups excluding carboxylic acids is 1. The lowest BCUT2D eigenvalue weighted by Gasteiger charge is -2.38. The molecule has 5 nitrogen and oxygen atoms in total. The summed E-state index contributed by atoms with van der Waals surface area (Å²) in [5, 5.41) is 5.95. The summed E-state index contributed by atoms with van der Waals surface area (Å²) < 4.78 is 5.69. The Morgan fingerprint density at radius 2 is 2.41 bits per heavy atom. The van der Waals surface area contributed by atoms with Gasteiger partial charge in [-0.25, -0.2) is 0 Å². The Bertz CT molecular complexity index is 566. The molecule has 1 saturated heterocycles. The van der Waals surface area contributed by atoms with Crippen LogP contribution in [0, 0.1) is 0 Å². The average molecular weight is 324 g/mol. The molecular weight excluding hydrogens is 302 g/mol. The highest BCUT2D eigenvalue weighted by atomic mass is 35.5. The lowest BCUT2D eigenvalue weighted by atomic mass is 9.89. The fraction of sp³-hybridized carbons (Fsp3) is 0.562. The van der Waals surface area contributed by atoms with Crippen molar-refractivity contribution in [1.29, 1.82) is 0 Å². The number of rotatable bonds is 3. The highest BCUT2D eigenvalue weighted by Gasteiger charge is 2.36. The van der Waals surface area contributed by atoms with Crippen molar-refractivity contribution >= 4 is 17.5 Å². The van der Waals surface area contributed by atoms with E-state index in [0.717, 1.165) is 31.4 Å². The Hall–Kier alpha value is -1.30. The fourth-order valence-corrected chi connectivity index (χ4v) is 3.31. The lowest BCUT2D eigenvalue weighted by Crippen LogP contribution is -2.62. The van der Waals surface area contributed by atoms with Gasteiger partial charge in [0.1, 0.15) is 5.75 Å². The van der Waals surface area contributed by atoms with Crippen LogP contribution in [0.4, 0.5) is 0 Å².